The molecule has 0 aromatic heterocycles. The summed E-state index contributed by atoms with van der Waals surface area (Å²) in [4.78, 5) is 68.5. The average molecular weight is 637 g/mol. The van der Waals surface area contributed by atoms with Crippen LogP contribution in [0.3, 0.4) is 0 Å². The van der Waals surface area contributed by atoms with E-state index in [0.717, 1.165) is 16.7 Å². The number of carbonyl (C=O) groups is 5. The quantitative estimate of drug-likeness (QED) is 0.295. The van der Waals surface area contributed by atoms with Crippen molar-refractivity contribution < 1.29 is 33.4 Å². The van der Waals surface area contributed by atoms with Crippen LogP contribution in [0.5, 0.6) is 0 Å². The summed E-state index contributed by atoms with van der Waals surface area (Å²) in [7, 11) is 0. The highest BCUT2D eigenvalue weighted by Gasteiger charge is 2.45. The number of rotatable bonds is 12. The summed E-state index contributed by atoms with van der Waals surface area (Å²) in [6, 6.07) is 10.8. The molecule has 0 saturated heterocycles. The lowest BCUT2D eigenvalue weighted by molar-refractivity contribution is -0.159. The molecule has 0 heterocycles. The van der Waals surface area contributed by atoms with E-state index in [2.05, 4.69) is 10.6 Å². The molecule has 11 heteroatoms. The summed E-state index contributed by atoms with van der Waals surface area (Å²) in [5.74, 6) is -2.70. The van der Waals surface area contributed by atoms with Crippen molar-refractivity contribution in [2.45, 2.75) is 116 Å². The number of hydrogen-bond acceptors (Lipinski definition) is 7. The normalized spacial score (nSPS) is 15.1. The maximum atomic E-state index is 14.5. The third-order valence-electron chi connectivity index (χ3n) is 6.97. The van der Waals surface area contributed by atoms with E-state index in [1.807, 2.05) is 62.4 Å². The number of aryl methyl sites for hydroxylation is 2. The average Bonchev–Trinajstić information content (AvgIpc) is 3.73. The van der Waals surface area contributed by atoms with Gasteiger partial charge in [-0.2, -0.15) is 0 Å². The Morgan fingerprint density at radius 2 is 1.41 bits per heavy atom. The van der Waals surface area contributed by atoms with Crippen LogP contribution in [0.15, 0.2) is 48.5 Å². The van der Waals surface area contributed by atoms with Gasteiger partial charge < -0.3 is 30.7 Å². The molecule has 1 aliphatic rings. The van der Waals surface area contributed by atoms with E-state index in [0.29, 0.717) is 18.4 Å². The number of amides is 4. The maximum Gasteiger partial charge on any atom is 0.408 e. The predicted molar refractivity (Wildman–Crippen MR) is 173 cm³/mol. The Hall–Kier alpha value is -4.41. The lowest BCUT2D eigenvalue weighted by Gasteiger charge is -2.35. The number of nitrogens with one attached hydrogen (secondary N) is 2. The van der Waals surface area contributed by atoms with Gasteiger partial charge in [0.25, 0.3) is 0 Å². The zero-order chi connectivity index (χ0) is 34.4. The van der Waals surface area contributed by atoms with Gasteiger partial charge in [-0.25, -0.2) is 9.59 Å². The first-order chi connectivity index (χ1) is 21.3. The summed E-state index contributed by atoms with van der Waals surface area (Å²) in [6.45, 7) is 14.0. The van der Waals surface area contributed by atoms with E-state index in [1.54, 1.807) is 41.5 Å². The first-order valence-electron chi connectivity index (χ1n) is 15.6. The van der Waals surface area contributed by atoms with E-state index in [1.165, 1.54) is 4.90 Å². The van der Waals surface area contributed by atoms with Crippen molar-refractivity contribution in [1.29, 1.82) is 0 Å². The van der Waals surface area contributed by atoms with Crippen LogP contribution in [0.25, 0.3) is 0 Å². The van der Waals surface area contributed by atoms with Gasteiger partial charge in [-0.15, -0.1) is 0 Å². The van der Waals surface area contributed by atoms with Gasteiger partial charge in [0.2, 0.25) is 17.7 Å². The predicted octanol–water partition coefficient (Wildman–Crippen LogP) is 4.17. The number of primary amides is 1. The van der Waals surface area contributed by atoms with Crippen molar-refractivity contribution in [1.82, 2.24) is 15.5 Å². The summed E-state index contributed by atoms with van der Waals surface area (Å²) < 4.78 is 11.0. The molecule has 46 heavy (non-hydrogen) atoms. The molecule has 1 aliphatic carbocycles. The molecule has 0 bridgehead atoms. The highest BCUT2D eigenvalue weighted by atomic mass is 16.6. The second-order valence-electron chi connectivity index (χ2n) is 14.0. The van der Waals surface area contributed by atoms with Gasteiger partial charge in [-0.1, -0.05) is 59.7 Å². The van der Waals surface area contributed by atoms with E-state index in [-0.39, 0.29) is 12.5 Å². The van der Waals surface area contributed by atoms with Crippen LogP contribution in [0.2, 0.25) is 0 Å². The minimum atomic E-state index is -1.39. The Bertz CT molecular complexity index is 1400. The van der Waals surface area contributed by atoms with Crippen LogP contribution >= 0.6 is 0 Å². The molecule has 2 aromatic carbocycles. The molecule has 1 saturated carbocycles. The molecule has 3 rings (SSSR count). The fraction of sp³-hybridized carbons (Fsp3) is 0.514. The molecule has 4 N–H and O–H groups in total. The molecule has 1 fully saturated rings. The SMILES string of the molecule is Cc1cc(C)cc(C(C(=O)NC(Cc2ccccc2)C(=O)OC(C)(C)C)N(C(=O)C(CC(N)=O)NC(=O)OC(C)(C)C)C2CC2)c1. The number of nitrogens with two attached hydrogens (primary N) is 1. The standard InChI is InChI=1S/C35H48N4O7/c1-21-16-22(2)18-24(17-21)29(30(41)37-27(32(43)45-34(3,4)5)19-23-12-10-9-11-13-23)39(25-14-15-25)31(42)26(20-28(36)40)38-33(44)46-35(6,7)8/h9-13,16-18,25-27,29H,14-15,19-20H2,1-8H3,(H2,36,40)(H,37,41)(H,38,44). The molecule has 3 unspecified atom stereocenters. The van der Waals surface area contributed by atoms with E-state index in [9.17, 15) is 24.0 Å². The highest BCUT2D eigenvalue weighted by Crippen LogP contribution is 2.36. The minimum absolute atomic E-state index is 0.156. The molecule has 11 nitrogen and oxygen atoms in total. The van der Waals surface area contributed by atoms with E-state index < -0.39 is 65.5 Å². The Morgan fingerprint density at radius 3 is 1.91 bits per heavy atom. The number of hydrogen-bond donors (Lipinski definition) is 3. The second-order valence-corrected chi connectivity index (χ2v) is 14.0. The van der Waals surface area contributed by atoms with Crippen molar-refractivity contribution >= 4 is 29.8 Å². The van der Waals surface area contributed by atoms with Crippen LogP contribution in [-0.2, 0) is 35.1 Å². The maximum absolute atomic E-state index is 14.5. The van der Waals surface area contributed by atoms with Gasteiger partial charge in [0.1, 0.15) is 29.3 Å². The van der Waals surface area contributed by atoms with Gasteiger partial charge in [0.15, 0.2) is 0 Å². The summed E-state index contributed by atoms with van der Waals surface area (Å²) in [5, 5.41) is 5.38. The summed E-state index contributed by atoms with van der Waals surface area (Å²) >= 11 is 0. The molecule has 3 atom stereocenters. The number of alkyl carbamates (subject to hydrolysis) is 1. The monoisotopic (exact) mass is 636 g/mol. The fourth-order valence-electron chi connectivity index (χ4n) is 5.17. The van der Waals surface area contributed by atoms with Gasteiger partial charge in [0, 0.05) is 12.5 Å². The third-order valence-corrected chi connectivity index (χ3v) is 6.97. The molecular formula is C35H48N4O7. The lowest BCUT2D eigenvalue weighted by Crippen LogP contribution is -2.56. The highest BCUT2D eigenvalue weighted by molar-refractivity contribution is 5.96. The van der Waals surface area contributed by atoms with Crippen molar-refractivity contribution in [2.75, 3.05) is 0 Å². The molecular weight excluding hydrogens is 588 g/mol. The molecule has 250 valence electrons. The molecule has 0 aliphatic heterocycles. The number of ether oxygens (including phenoxy) is 2. The Balaban J connectivity index is 2.07. The van der Waals surface area contributed by atoms with Crippen LogP contribution in [0.1, 0.15) is 89.1 Å². The third kappa shape index (κ3) is 11.2. The van der Waals surface area contributed by atoms with Gasteiger partial charge in [-0.05, 0) is 79.4 Å². The molecule has 2 aromatic rings. The van der Waals surface area contributed by atoms with Gasteiger partial charge >= 0.3 is 12.1 Å². The van der Waals surface area contributed by atoms with Crippen LogP contribution in [-0.4, -0.2) is 64.0 Å². The van der Waals surface area contributed by atoms with Crippen molar-refractivity contribution in [3.05, 3.63) is 70.8 Å². The zero-order valence-electron chi connectivity index (χ0n) is 28.1. The van der Waals surface area contributed by atoms with Crippen molar-refractivity contribution in [2.24, 2.45) is 5.73 Å². The second kappa shape index (κ2) is 14.8. The molecule has 0 radical (unpaired) electrons. The van der Waals surface area contributed by atoms with E-state index >= 15 is 0 Å². The zero-order valence-corrected chi connectivity index (χ0v) is 28.1. The summed E-state index contributed by atoms with van der Waals surface area (Å²) in [6.07, 6.45) is -0.0338. The topological polar surface area (TPSA) is 157 Å². The van der Waals surface area contributed by atoms with Crippen LogP contribution < -0.4 is 16.4 Å². The Labute approximate surface area is 271 Å². The Kier molecular flexibility index (Phi) is 11.6. The van der Waals surface area contributed by atoms with Crippen molar-refractivity contribution in [3.8, 4) is 0 Å². The summed E-state index contributed by atoms with van der Waals surface area (Å²) in [5.41, 5.74) is 6.89. The first kappa shape index (κ1) is 36.1. The van der Waals surface area contributed by atoms with Crippen LogP contribution in [0, 0.1) is 13.8 Å². The van der Waals surface area contributed by atoms with E-state index in [4.69, 9.17) is 15.2 Å². The fourth-order valence-corrected chi connectivity index (χ4v) is 5.17. The number of esters is 1. The largest absolute Gasteiger partial charge is 0.458 e. The van der Waals surface area contributed by atoms with Crippen LogP contribution in [0.4, 0.5) is 4.79 Å². The van der Waals surface area contributed by atoms with Gasteiger partial charge in [-0.3, -0.25) is 14.4 Å². The number of benzene rings is 2. The van der Waals surface area contributed by atoms with Crippen molar-refractivity contribution in [3.63, 3.8) is 0 Å². The lowest BCUT2D eigenvalue weighted by atomic mass is 9.97. The Morgan fingerprint density at radius 1 is 0.848 bits per heavy atom. The number of nitrogens with zero attached hydrogens (tertiary/aromatic N) is 1. The number of carbonyl (C=O) groups excluding carboxylic acids is 5. The molecule has 4 amide bonds. The first-order valence-corrected chi connectivity index (χ1v) is 15.6. The smallest absolute Gasteiger partial charge is 0.408 e. The van der Waals surface area contributed by atoms with Gasteiger partial charge in [0.05, 0.1) is 6.42 Å². The molecule has 0 spiro atoms. The minimum Gasteiger partial charge on any atom is -0.458 e.